The van der Waals surface area contributed by atoms with Crippen molar-refractivity contribution >= 4 is 24.0 Å². The van der Waals surface area contributed by atoms with E-state index in [2.05, 4.69) is 17.6 Å². The van der Waals surface area contributed by atoms with Gasteiger partial charge in [0, 0.05) is 12.1 Å². The molecule has 0 aliphatic carbocycles. The molecule has 23 heavy (non-hydrogen) atoms. The van der Waals surface area contributed by atoms with Gasteiger partial charge in [0.05, 0.1) is 6.61 Å². The Morgan fingerprint density at radius 3 is 2.91 bits per heavy atom. The number of rotatable bonds is 8. The number of amides is 1. The van der Waals surface area contributed by atoms with Gasteiger partial charge in [0.15, 0.2) is 0 Å². The summed E-state index contributed by atoms with van der Waals surface area (Å²) in [6, 6.07) is 5.86. The number of aryl methyl sites for hydroxylation is 1. The smallest absolute Gasteiger partial charge is 0.224 e. The highest BCUT2D eigenvalue weighted by Gasteiger charge is 2.16. The lowest BCUT2D eigenvalue weighted by molar-refractivity contribution is -0.116. The van der Waals surface area contributed by atoms with Crippen LogP contribution in [0.3, 0.4) is 0 Å². The van der Waals surface area contributed by atoms with E-state index in [-0.39, 0.29) is 18.3 Å². The van der Waals surface area contributed by atoms with E-state index in [9.17, 15) is 4.79 Å². The first-order chi connectivity index (χ1) is 10.7. The molecule has 1 atom stereocenters. The summed E-state index contributed by atoms with van der Waals surface area (Å²) in [4.78, 5) is 12.1. The number of carbonyl (C=O) groups excluding carboxylic acids is 1. The van der Waals surface area contributed by atoms with Crippen molar-refractivity contribution in [2.24, 2.45) is 5.92 Å². The molecule has 0 bridgehead atoms. The Morgan fingerprint density at radius 2 is 2.26 bits per heavy atom. The summed E-state index contributed by atoms with van der Waals surface area (Å²) in [7, 11) is 0. The van der Waals surface area contributed by atoms with E-state index >= 15 is 0 Å². The monoisotopic (exact) mass is 340 g/mol. The maximum Gasteiger partial charge on any atom is 0.224 e. The van der Waals surface area contributed by atoms with Crippen LogP contribution in [0.4, 0.5) is 5.69 Å². The fraction of sp³-hybridized carbons (Fsp3) is 0.611. The van der Waals surface area contributed by atoms with Crippen LogP contribution in [-0.2, 0) is 4.79 Å². The Balaban J connectivity index is 0.00000264. The third-order valence-corrected chi connectivity index (χ3v) is 4.18. The minimum absolute atomic E-state index is 0. The SMILES string of the molecule is CCCCOc1ccc(NC(=O)CCC2CCNC2)c(C)c1.Cl. The number of carbonyl (C=O) groups is 1. The summed E-state index contributed by atoms with van der Waals surface area (Å²) in [5, 5.41) is 6.35. The average Bonchev–Trinajstić information content (AvgIpc) is 3.01. The molecule has 4 nitrogen and oxygen atoms in total. The summed E-state index contributed by atoms with van der Waals surface area (Å²) >= 11 is 0. The molecular weight excluding hydrogens is 312 g/mol. The zero-order valence-corrected chi connectivity index (χ0v) is 15.0. The quantitative estimate of drug-likeness (QED) is 0.705. The first-order valence-corrected chi connectivity index (χ1v) is 8.43. The Hall–Kier alpha value is -1.26. The summed E-state index contributed by atoms with van der Waals surface area (Å²) in [5.74, 6) is 1.64. The third-order valence-electron chi connectivity index (χ3n) is 4.18. The molecule has 1 fully saturated rings. The van der Waals surface area contributed by atoms with Crippen molar-refractivity contribution in [2.75, 3.05) is 25.0 Å². The number of halogens is 1. The molecule has 0 radical (unpaired) electrons. The molecule has 5 heteroatoms. The molecule has 1 aliphatic rings. The average molecular weight is 341 g/mol. The van der Waals surface area contributed by atoms with E-state index in [0.717, 1.165) is 56.0 Å². The van der Waals surface area contributed by atoms with E-state index in [0.29, 0.717) is 12.3 Å². The van der Waals surface area contributed by atoms with E-state index in [1.807, 2.05) is 25.1 Å². The van der Waals surface area contributed by atoms with Crippen LogP contribution in [0.15, 0.2) is 18.2 Å². The second-order valence-corrected chi connectivity index (χ2v) is 6.12. The van der Waals surface area contributed by atoms with Crippen LogP contribution >= 0.6 is 12.4 Å². The molecule has 1 aromatic carbocycles. The van der Waals surface area contributed by atoms with Gasteiger partial charge in [-0.3, -0.25) is 4.79 Å². The number of nitrogens with one attached hydrogen (secondary N) is 2. The molecule has 0 spiro atoms. The van der Waals surface area contributed by atoms with Gasteiger partial charge in [-0.25, -0.2) is 0 Å². The Labute approximate surface area is 145 Å². The van der Waals surface area contributed by atoms with Gasteiger partial charge in [-0.15, -0.1) is 12.4 Å². The molecule has 1 unspecified atom stereocenters. The maximum atomic E-state index is 12.1. The van der Waals surface area contributed by atoms with Crippen LogP contribution in [0.25, 0.3) is 0 Å². The molecule has 0 aromatic heterocycles. The van der Waals surface area contributed by atoms with Crippen LogP contribution in [0, 0.1) is 12.8 Å². The predicted molar refractivity (Wildman–Crippen MR) is 97.7 cm³/mol. The van der Waals surface area contributed by atoms with Crippen LogP contribution in [0.2, 0.25) is 0 Å². The number of benzene rings is 1. The minimum Gasteiger partial charge on any atom is -0.494 e. The number of ether oxygens (including phenoxy) is 1. The maximum absolute atomic E-state index is 12.1. The zero-order chi connectivity index (χ0) is 15.8. The highest BCUT2D eigenvalue weighted by Crippen LogP contribution is 2.22. The lowest BCUT2D eigenvalue weighted by Gasteiger charge is -2.12. The van der Waals surface area contributed by atoms with Crippen LogP contribution < -0.4 is 15.4 Å². The Morgan fingerprint density at radius 1 is 1.43 bits per heavy atom. The first-order valence-electron chi connectivity index (χ1n) is 8.43. The lowest BCUT2D eigenvalue weighted by atomic mass is 10.0. The van der Waals surface area contributed by atoms with E-state index in [1.54, 1.807) is 0 Å². The van der Waals surface area contributed by atoms with Gasteiger partial charge in [-0.1, -0.05) is 13.3 Å². The molecule has 130 valence electrons. The largest absolute Gasteiger partial charge is 0.494 e. The van der Waals surface area contributed by atoms with E-state index < -0.39 is 0 Å². The van der Waals surface area contributed by atoms with Crippen molar-refractivity contribution in [3.05, 3.63) is 23.8 Å². The fourth-order valence-electron chi connectivity index (χ4n) is 2.71. The van der Waals surface area contributed by atoms with Gasteiger partial charge in [-0.05, 0) is 69.0 Å². The fourth-order valence-corrected chi connectivity index (χ4v) is 2.71. The molecule has 1 amide bonds. The van der Waals surface area contributed by atoms with Crippen molar-refractivity contribution in [1.82, 2.24) is 5.32 Å². The number of hydrogen-bond donors (Lipinski definition) is 2. The third kappa shape index (κ3) is 6.80. The van der Waals surface area contributed by atoms with Gasteiger partial charge in [0.1, 0.15) is 5.75 Å². The van der Waals surface area contributed by atoms with Crippen LogP contribution in [0.5, 0.6) is 5.75 Å². The molecule has 1 aromatic rings. The van der Waals surface area contributed by atoms with Gasteiger partial charge in [0.2, 0.25) is 5.91 Å². The summed E-state index contributed by atoms with van der Waals surface area (Å²) in [6.07, 6.45) is 4.95. The highest BCUT2D eigenvalue weighted by atomic mass is 35.5. The number of unbranched alkanes of at least 4 members (excludes halogenated alkanes) is 1. The van der Waals surface area contributed by atoms with Crippen LogP contribution in [0.1, 0.15) is 44.6 Å². The molecule has 1 saturated heterocycles. The lowest BCUT2D eigenvalue weighted by Crippen LogP contribution is -2.15. The molecule has 1 heterocycles. The van der Waals surface area contributed by atoms with Gasteiger partial charge < -0.3 is 15.4 Å². The normalized spacial score (nSPS) is 16.7. The summed E-state index contributed by atoms with van der Waals surface area (Å²) in [5.41, 5.74) is 1.93. The Kier molecular flexibility index (Phi) is 9.03. The van der Waals surface area contributed by atoms with Crippen LogP contribution in [-0.4, -0.2) is 25.6 Å². The standard InChI is InChI=1S/C18H28N2O2.ClH/c1-3-4-11-22-16-6-7-17(14(2)12-16)20-18(21)8-5-15-9-10-19-13-15;/h6-7,12,15,19H,3-5,8-11,13H2,1-2H3,(H,20,21);1H. The van der Waals surface area contributed by atoms with Crippen molar-refractivity contribution in [3.8, 4) is 5.75 Å². The number of anilines is 1. The van der Waals surface area contributed by atoms with E-state index in [4.69, 9.17) is 4.74 Å². The molecule has 2 N–H and O–H groups in total. The molecular formula is C18H29ClN2O2. The first kappa shape index (κ1) is 19.8. The number of hydrogen-bond acceptors (Lipinski definition) is 3. The molecule has 0 saturated carbocycles. The van der Waals surface area contributed by atoms with Crippen molar-refractivity contribution in [3.63, 3.8) is 0 Å². The topological polar surface area (TPSA) is 50.4 Å². The van der Waals surface area contributed by atoms with Gasteiger partial charge in [0.25, 0.3) is 0 Å². The Bertz CT molecular complexity index is 488. The zero-order valence-electron chi connectivity index (χ0n) is 14.2. The second kappa shape index (κ2) is 10.5. The predicted octanol–water partition coefficient (Wildman–Crippen LogP) is 3.92. The van der Waals surface area contributed by atoms with Gasteiger partial charge >= 0.3 is 0 Å². The van der Waals surface area contributed by atoms with Crippen molar-refractivity contribution in [1.29, 1.82) is 0 Å². The van der Waals surface area contributed by atoms with Gasteiger partial charge in [-0.2, -0.15) is 0 Å². The summed E-state index contributed by atoms with van der Waals surface area (Å²) < 4.78 is 5.68. The minimum atomic E-state index is 0. The molecule has 1 aliphatic heterocycles. The van der Waals surface area contributed by atoms with Crippen molar-refractivity contribution < 1.29 is 9.53 Å². The highest BCUT2D eigenvalue weighted by molar-refractivity contribution is 5.91. The molecule has 2 rings (SSSR count). The van der Waals surface area contributed by atoms with E-state index in [1.165, 1.54) is 6.42 Å². The summed E-state index contributed by atoms with van der Waals surface area (Å²) in [6.45, 7) is 7.04. The van der Waals surface area contributed by atoms with Crippen molar-refractivity contribution in [2.45, 2.75) is 46.0 Å². The second-order valence-electron chi connectivity index (χ2n) is 6.12.